The second kappa shape index (κ2) is 9.51. The Labute approximate surface area is 182 Å². The third-order valence-electron chi connectivity index (χ3n) is 5.54. The second-order valence-electron chi connectivity index (χ2n) is 7.48. The molecule has 0 unspecified atom stereocenters. The van der Waals surface area contributed by atoms with Gasteiger partial charge in [-0.15, -0.1) is 0 Å². The Hall–Kier alpha value is -3.54. The minimum atomic E-state index is -0.493. The van der Waals surface area contributed by atoms with Crippen molar-refractivity contribution >= 4 is 11.9 Å². The zero-order valence-corrected chi connectivity index (χ0v) is 18.4. The van der Waals surface area contributed by atoms with Crippen molar-refractivity contribution in [1.29, 1.82) is 0 Å². The van der Waals surface area contributed by atoms with Gasteiger partial charge in [0.2, 0.25) is 0 Å². The van der Waals surface area contributed by atoms with Crippen LogP contribution in [0.15, 0.2) is 48.5 Å². The van der Waals surface area contributed by atoms with E-state index in [1.165, 1.54) is 7.11 Å². The second-order valence-corrected chi connectivity index (χ2v) is 7.48. The maximum Gasteiger partial charge on any atom is 0.305 e. The van der Waals surface area contributed by atoms with Crippen LogP contribution in [0.3, 0.4) is 0 Å². The van der Waals surface area contributed by atoms with Gasteiger partial charge >= 0.3 is 5.97 Å². The van der Waals surface area contributed by atoms with E-state index in [-0.39, 0.29) is 12.4 Å². The molecule has 2 aromatic carbocycles. The number of aromatic nitrogens is 1. The molecule has 0 aliphatic rings. The molecule has 0 aliphatic heterocycles. The molecule has 2 N–H and O–H groups in total. The van der Waals surface area contributed by atoms with Gasteiger partial charge in [0, 0.05) is 23.5 Å². The summed E-state index contributed by atoms with van der Waals surface area (Å²) < 4.78 is 12.3. The van der Waals surface area contributed by atoms with Gasteiger partial charge in [-0.05, 0) is 49.1 Å². The van der Waals surface area contributed by atoms with Crippen LogP contribution in [-0.2, 0) is 22.5 Å². The number of esters is 1. The van der Waals surface area contributed by atoms with E-state index in [2.05, 4.69) is 4.57 Å². The SMILES string of the molecule is COC(=O)CCc1c(-c2ccc(OC)c(C)c2)c(C(N)=O)c(C)n1Cc1ccccc1. The highest BCUT2D eigenvalue weighted by atomic mass is 16.5. The number of hydrogen-bond acceptors (Lipinski definition) is 4. The molecule has 3 aromatic rings. The van der Waals surface area contributed by atoms with Crippen molar-refractivity contribution in [1.82, 2.24) is 4.57 Å². The Morgan fingerprint density at radius 2 is 1.74 bits per heavy atom. The summed E-state index contributed by atoms with van der Waals surface area (Å²) in [4.78, 5) is 24.5. The van der Waals surface area contributed by atoms with Gasteiger partial charge in [0.1, 0.15) is 5.75 Å². The van der Waals surface area contributed by atoms with Crippen LogP contribution in [0, 0.1) is 13.8 Å². The molecule has 0 saturated heterocycles. The molecular formula is C25H28N2O4. The van der Waals surface area contributed by atoms with Crippen LogP contribution in [-0.4, -0.2) is 30.7 Å². The number of ether oxygens (including phenoxy) is 2. The highest BCUT2D eigenvalue weighted by Crippen LogP contribution is 2.36. The Morgan fingerprint density at radius 1 is 1.03 bits per heavy atom. The lowest BCUT2D eigenvalue weighted by Gasteiger charge is -2.14. The number of carbonyl (C=O) groups is 2. The number of amides is 1. The summed E-state index contributed by atoms with van der Waals surface area (Å²) in [5.74, 6) is -0.0318. The van der Waals surface area contributed by atoms with Crippen LogP contribution in [0.5, 0.6) is 5.75 Å². The fraction of sp³-hybridized carbons (Fsp3) is 0.280. The first-order valence-corrected chi connectivity index (χ1v) is 10.1. The van der Waals surface area contributed by atoms with Gasteiger partial charge in [-0.2, -0.15) is 0 Å². The van der Waals surface area contributed by atoms with E-state index in [0.717, 1.165) is 39.4 Å². The van der Waals surface area contributed by atoms with E-state index < -0.39 is 5.91 Å². The minimum Gasteiger partial charge on any atom is -0.496 e. The zero-order valence-electron chi connectivity index (χ0n) is 18.4. The topological polar surface area (TPSA) is 83.6 Å². The van der Waals surface area contributed by atoms with Gasteiger partial charge in [0.15, 0.2) is 0 Å². The van der Waals surface area contributed by atoms with Crippen LogP contribution in [0.2, 0.25) is 0 Å². The number of carbonyl (C=O) groups excluding carboxylic acids is 2. The standard InChI is InChI=1S/C25H28N2O4/c1-16-14-19(10-12-21(16)30-3)24-20(11-13-22(28)31-4)27(17(2)23(24)25(26)29)15-18-8-6-5-7-9-18/h5-10,12,14H,11,13,15H2,1-4H3,(H2,26,29). The number of aryl methyl sites for hydroxylation is 1. The summed E-state index contributed by atoms with van der Waals surface area (Å²) in [7, 11) is 3.00. The maximum atomic E-state index is 12.5. The monoisotopic (exact) mass is 420 g/mol. The van der Waals surface area contributed by atoms with Crippen molar-refractivity contribution < 1.29 is 19.1 Å². The predicted molar refractivity (Wildman–Crippen MR) is 120 cm³/mol. The first kappa shape index (κ1) is 22.2. The molecule has 0 aliphatic carbocycles. The molecule has 162 valence electrons. The van der Waals surface area contributed by atoms with Crippen molar-refractivity contribution in [3.8, 4) is 16.9 Å². The summed E-state index contributed by atoms with van der Waals surface area (Å²) in [6.45, 7) is 4.41. The van der Waals surface area contributed by atoms with E-state index in [1.54, 1.807) is 7.11 Å². The molecule has 0 bridgehead atoms. The molecular weight excluding hydrogens is 392 g/mol. The number of nitrogens with zero attached hydrogens (tertiary/aromatic N) is 1. The summed E-state index contributed by atoms with van der Waals surface area (Å²) in [6.07, 6.45) is 0.628. The van der Waals surface area contributed by atoms with Crippen molar-refractivity contribution in [3.63, 3.8) is 0 Å². The van der Waals surface area contributed by atoms with Gasteiger partial charge in [-0.1, -0.05) is 36.4 Å². The number of hydrogen-bond donors (Lipinski definition) is 1. The molecule has 0 fully saturated rings. The average Bonchev–Trinajstić information content (AvgIpc) is 3.04. The quantitative estimate of drug-likeness (QED) is 0.558. The van der Waals surface area contributed by atoms with Crippen LogP contribution < -0.4 is 10.5 Å². The third-order valence-corrected chi connectivity index (χ3v) is 5.54. The normalized spacial score (nSPS) is 10.7. The summed E-state index contributed by atoms with van der Waals surface area (Å²) >= 11 is 0. The predicted octanol–water partition coefficient (Wildman–Crippen LogP) is 4.03. The van der Waals surface area contributed by atoms with Gasteiger partial charge < -0.3 is 19.8 Å². The van der Waals surface area contributed by atoms with Crippen LogP contribution in [0.25, 0.3) is 11.1 Å². The molecule has 0 atom stereocenters. The highest BCUT2D eigenvalue weighted by Gasteiger charge is 2.25. The van der Waals surface area contributed by atoms with E-state index >= 15 is 0 Å². The van der Waals surface area contributed by atoms with Crippen molar-refractivity contribution in [2.24, 2.45) is 5.73 Å². The van der Waals surface area contributed by atoms with E-state index in [4.69, 9.17) is 15.2 Å². The summed E-state index contributed by atoms with van der Waals surface area (Å²) in [5.41, 5.74) is 11.6. The summed E-state index contributed by atoms with van der Waals surface area (Å²) in [5, 5.41) is 0. The van der Waals surface area contributed by atoms with E-state index in [1.807, 2.05) is 62.4 Å². The van der Waals surface area contributed by atoms with Crippen LogP contribution in [0.4, 0.5) is 0 Å². The lowest BCUT2D eigenvalue weighted by atomic mass is 9.96. The fourth-order valence-corrected chi connectivity index (χ4v) is 4.01. The number of rotatable bonds is 8. The van der Waals surface area contributed by atoms with Gasteiger partial charge in [-0.3, -0.25) is 9.59 Å². The number of primary amides is 1. The zero-order chi connectivity index (χ0) is 22.5. The first-order valence-electron chi connectivity index (χ1n) is 10.1. The molecule has 31 heavy (non-hydrogen) atoms. The molecule has 3 rings (SSSR count). The van der Waals surface area contributed by atoms with Gasteiger partial charge in [0.05, 0.1) is 26.2 Å². The molecule has 0 radical (unpaired) electrons. The molecule has 1 amide bonds. The summed E-state index contributed by atoms with van der Waals surface area (Å²) in [6, 6.07) is 15.8. The number of benzene rings is 2. The Balaban J connectivity index is 2.23. The minimum absolute atomic E-state index is 0.203. The Bertz CT molecular complexity index is 1100. The Morgan fingerprint density at radius 3 is 2.32 bits per heavy atom. The van der Waals surface area contributed by atoms with Crippen LogP contribution >= 0.6 is 0 Å². The number of nitrogens with two attached hydrogens (primary N) is 1. The van der Waals surface area contributed by atoms with Gasteiger partial charge in [0.25, 0.3) is 5.91 Å². The molecule has 0 saturated carbocycles. The molecule has 0 spiro atoms. The van der Waals surface area contributed by atoms with E-state index in [9.17, 15) is 9.59 Å². The number of methoxy groups -OCH3 is 2. The van der Waals surface area contributed by atoms with Crippen LogP contribution in [0.1, 0.15) is 39.3 Å². The third kappa shape index (κ3) is 4.63. The van der Waals surface area contributed by atoms with Crippen molar-refractivity contribution in [2.45, 2.75) is 33.2 Å². The molecule has 6 nitrogen and oxygen atoms in total. The average molecular weight is 421 g/mol. The highest BCUT2D eigenvalue weighted by molar-refractivity contribution is 6.02. The lowest BCUT2D eigenvalue weighted by molar-refractivity contribution is -0.140. The van der Waals surface area contributed by atoms with Gasteiger partial charge in [-0.25, -0.2) is 0 Å². The van der Waals surface area contributed by atoms with Crippen molar-refractivity contribution in [2.75, 3.05) is 14.2 Å². The Kier molecular flexibility index (Phi) is 6.80. The smallest absolute Gasteiger partial charge is 0.305 e. The molecule has 1 heterocycles. The fourth-order valence-electron chi connectivity index (χ4n) is 4.01. The molecule has 1 aromatic heterocycles. The molecule has 6 heteroatoms. The van der Waals surface area contributed by atoms with E-state index in [0.29, 0.717) is 18.5 Å². The largest absolute Gasteiger partial charge is 0.496 e. The lowest BCUT2D eigenvalue weighted by Crippen LogP contribution is -2.13. The first-order chi connectivity index (χ1) is 14.9. The maximum absolute atomic E-state index is 12.5. The van der Waals surface area contributed by atoms with Crippen molar-refractivity contribution in [3.05, 3.63) is 76.6 Å².